The van der Waals surface area contributed by atoms with Crippen LogP contribution in [-0.2, 0) is 9.53 Å². The summed E-state index contributed by atoms with van der Waals surface area (Å²) < 4.78 is 11.4. The van der Waals surface area contributed by atoms with Gasteiger partial charge in [0.2, 0.25) is 0 Å². The van der Waals surface area contributed by atoms with E-state index in [2.05, 4.69) is 75.0 Å². The molecule has 1 aliphatic rings. The van der Waals surface area contributed by atoms with Crippen molar-refractivity contribution >= 4 is 5.97 Å². The third-order valence-electron chi connectivity index (χ3n) is 9.16. The highest BCUT2D eigenvalue weighted by Gasteiger charge is 2.36. The molecule has 0 radical (unpaired) electrons. The van der Waals surface area contributed by atoms with E-state index in [1.54, 1.807) is 0 Å². The van der Waals surface area contributed by atoms with Crippen LogP contribution in [0.15, 0.2) is 61.2 Å². The van der Waals surface area contributed by atoms with Crippen molar-refractivity contribution in [3.05, 3.63) is 66.7 Å². The molecule has 43 heavy (non-hydrogen) atoms. The van der Waals surface area contributed by atoms with Crippen LogP contribution in [0, 0.1) is 16.7 Å². The summed E-state index contributed by atoms with van der Waals surface area (Å²) >= 11 is 0. The molecule has 1 aliphatic carbocycles. The average molecular weight is 586 g/mol. The number of hydrogen-bond acceptors (Lipinski definition) is 4. The van der Waals surface area contributed by atoms with Gasteiger partial charge in [-0.3, -0.25) is 0 Å². The van der Waals surface area contributed by atoms with Crippen molar-refractivity contribution in [2.45, 2.75) is 135 Å². The molecule has 2 aromatic rings. The second-order valence-corrected chi connectivity index (χ2v) is 12.6. The Kier molecular flexibility index (Phi) is 15.4. The number of esters is 1. The quantitative estimate of drug-likeness (QED) is 0.0881. The van der Waals surface area contributed by atoms with Crippen LogP contribution in [-0.4, -0.2) is 18.7 Å². The summed E-state index contributed by atoms with van der Waals surface area (Å²) in [7, 11) is 0. The standard InChI is InChI=1S/C39H55NO3/c1-4-7-8-9-10-13-27-39(31-40)28-15-17-35(30-39)34-21-19-32(20-22-34)33-23-25-37(26-24-33)43-36(16-5-2)18-12-11-14-29-42-38(41)6-3/h6,19-26,35-36H,3-5,7-18,27-30H2,1-2H3. The van der Waals surface area contributed by atoms with Crippen LogP contribution in [0.4, 0.5) is 0 Å². The number of benzene rings is 2. The molecular weight excluding hydrogens is 530 g/mol. The van der Waals surface area contributed by atoms with E-state index in [4.69, 9.17) is 9.47 Å². The van der Waals surface area contributed by atoms with Gasteiger partial charge in [-0.05, 0) is 92.5 Å². The Balaban J connectivity index is 1.49. The Morgan fingerprint density at radius 3 is 2.28 bits per heavy atom. The second-order valence-electron chi connectivity index (χ2n) is 12.6. The molecule has 0 N–H and O–H groups in total. The number of unbranched alkanes of at least 4 members (excludes halogenated alkanes) is 7. The molecule has 0 saturated heterocycles. The molecule has 0 spiro atoms. The van der Waals surface area contributed by atoms with Crippen molar-refractivity contribution in [1.29, 1.82) is 5.26 Å². The average Bonchev–Trinajstić information content (AvgIpc) is 3.04. The van der Waals surface area contributed by atoms with E-state index >= 15 is 0 Å². The van der Waals surface area contributed by atoms with Crippen LogP contribution in [0.5, 0.6) is 5.75 Å². The number of carbonyl (C=O) groups excluding carboxylic acids is 1. The first-order valence-electron chi connectivity index (χ1n) is 17.1. The van der Waals surface area contributed by atoms with Gasteiger partial charge in [0, 0.05) is 6.08 Å². The molecule has 1 fully saturated rings. The number of carbonyl (C=O) groups is 1. The van der Waals surface area contributed by atoms with Crippen LogP contribution < -0.4 is 4.74 Å². The zero-order valence-electron chi connectivity index (χ0n) is 27.0. The van der Waals surface area contributed by atoms with E-state index in [-0.39, 0.29) is 17.5 Å². The number of ether oxygens (including phenoxy) is 2. The minimum Gasteiger partial charge on any atom is -0.490 e. The summed E-state index contributed by atoms with van der Waals surface area (Å²) in [4.78, 5) is 11.2. The molecule has 4 heteroatoms. The summed E-state index contributed by atoms with van der Waals surface area (Å²) in [6, 6.07) is 20.3. The number of nitriles is 1. The van der Waals surface area contributed by atoms with E-state index < -0.39 is 0 Å². The highest BCUT2D eigenvalue weighted by molar-refractivity contribution is 5.81. The first-order chi connectivity index (χ1) is 21.0. The smallest absolute Gasteiger partial charge is 0.330 e. The van der Waals surface area contributed by atoms with Crippen molar-refractivity contribution in [1.82, 2.24) is 0 Å². The number of nitrogens with zero attached hydrogens (tertiary/aromatic N) is 1. The van der Waals surface area contributed by atoms with Gasteiger partial charge in [0.25, 0.3) is 0 Å². The van der Waals surface area contributed by atoms with E-state index in [1.165, 1.54) is 67.7 Å². The number of rotatable bonds is 20. The Bertz CT molecular complexity index is 1120. The summed E-state index contributed by atoms with van der Waals surface area (Å²) in [6.45, 7) is 8.33. The lowest BCUT2D eigenvalue weighted by atomic mass is 9.66. The Hall–Kier alpha value is -3.06. The molecule has 2 aromatic carbocycles. The highest BCUT2D eigenvalue weighted by Crippen LogP contribution is 2.47. The SMILES string of the molecule is C=CC(=O)OCCCCCC(CCC)Oc1ccc(-c2ccc(C3CCCC(C#N)(CCCCCCCC)C3)cc2)cc1. The third kappa shape index (κ3) is 11.9. The summed E-state index contributed by atoms with van der Waals surface area (Å²) in [6.07, 6.45) is 20.6. The fourth-order valence-electron chi connectivity index (χ4n) is 6.61. The maximum atomic E-state index is 11.2. The van der Waals surface area contributed by atoms with Gasteiger partial charge in [-0.15, -0.1) is 0 Å². The highest BCUT2D eigenvalue weighted by atomic mass is 16.5. The van der Waals surface area contributed by atoms with Crippen LogP contribution in [0.2, 0.25) is 0 Å². The van der Waals surface area contributed by atoms with Crippen molar-refractivity contribution in [3.8, 4) is 22.9 Å². The lowest BCUT2D eigenvalue weighted by molar-refractivity contribution is -0.137. The molecule has 3 unspecified atom stereocenters. The Labute approximate surface area is 261 Å². The van der Waals surface area contributed by atoms with Crippen LogP contribution >= 0.6 is 0 Å². The molecule has 0 amide bonds. The van der Waals surface area contributed by atoms with E-state index in [9.17, 15) is 10.1 Å². The van der Waals surface area contributed by atoms with E-state index in [0.29, 0.717) is 12.5 Å². The van der Waals surface area contributed by atoms with Gasteiger partial charge >= 0.3 is 5.97 Å². The predicted octanol–water partition coefficient (Wildman–Crippen LogP) is 11.1. The Morgan fingerprint density at radius 2 is 1.60 bits per heavy atom. The molecule has 0 aromatic heterocycles. The lowest BCUT2D eigenvalue weighted by Crippen LogP contribution is -2.26. The normalized spacial score (nSPS) is 18.9. The molecule has 0 aliphatic heterocycles. The summed E-state index contributed by atoms with van der Waals surface area (Å²) in [5, 5.41) is 10.2. The van der Waals surface area contributed by atoms with Crippen molar-refractivity contribution < 1.29 is 14.3 Å². The fourth-order valence-corrected chi connectivity index (χ4v) is 6.61. The zero-order valence-corrected chi connectivity index (χ0v) is 27.0. The van der Waals surface area contributed by atoms with Gasteiger partial charge in [0.1, 0.15) is 5.75 Å². The number of hydrogen-bond donors (Lipinski definition) is 0. The maximum absolute atomic E-state index is 11.2. The van der Waals surface area contributed by atoms with Crippen LogP contribution in [0.25, 0.3) is 11.1 Å². The van der Waals surface area contributed by atoms with Crippen LogP contribution in [0.3, 0.4) is 0 Å². The Morgan fingerprint density at radius 1 is 0.930 bits per heavy atom. The monoisotopic (exact) mass is 585 g/mol. The maximum Gasteiger partial charge on any atom is 0.330 e. The van der Waals surface area contributed by atoms with E-state index in [1.807, 2.05) is 0 Å². The van der Waals surface area contributed by atoms with Crippen molar-refractivity contribution in [3.63, 3.8) is 0 Å². The minimum atomic E-state index is -0.350. The van der Waals surface area contributed by atoms with Crippen molar-refractivity contribution in [2.75, 3.05) is 6.61 Å². The molecule has 3 atom stereocenters. The lowest BCUT2D eigenvalue weighted by Gasteiger charge is -2.36. The first kappa shape index (κ1) is 34.4. The second kappa shape index (κ2) is 19.3. The molecule has 234 valence electrons. The topological polar surface area (TPSA) is 59.3 Å². The van der Waals surface area contributed by atoms with Gasteiger partial charge in [-0.25, -0.2) is 4.79 Å². The first-order valence-corrected chi connectivity index (χ1v) is 17.1. The zero-order chi connectivity index (χ0) is 30.8. The minimum absolute atomic E-state index is 0.141. The molecular formula is C39H55NO3. The van der Waals surface area contributed by atoms with E-state index in [0.717, 1.165) is 70.0 Å². The molecule has 3 rings (SSSR count). The molecule has 0 bridgehead atoms. The molecule has 0 heterocycles. The van der Waals surface area contributed by atoms with Gasteiger partial charge in [0.05, 0.1) is 24.2 Å². The van der Waals surface area contributed by atoms with Gasteiger partial charge < -0.3 is 9.47 Å². The van der Waals surface area contributed by atoms with Crippen molar-refractivity contribution in [2.24, 2.45) is 5.41 Å². The van der Waals surface area contributed by atoms with Crippen LogP contribution in [0.1, 0.15) is 134 Å². The summed E-state index contributed by atoms with van der Waals surface area (Å²) in [5.41, 5.74) is 3.65. The molecule has 1 saturated carbocycles. The summed E-state index contributed by atoms with van der Waals surface area (Å²) in [5.74, 6) is 1.05. The third-order valence-corrected chi connectivity index (χ3v) is 9.16. The predicted molar refractivity (Wildman–Crippen MR) is 178 cm³/mol. The largest absolute Gasteiger partial charge is 0.490 e. The molecule has 4 nitrogen and oxygen atoms in total. The van der Waals surface area contributed by atoms with Gasteiger partial charge in [-0.1, -0.05) is 108 Å². The van der Waals surface area contributed by atoms with Gasteiger partial charge in [-0.2, -0.15) is 5.26 Å². The van der Waals surface area contributed by atoms with Gasteiger partial charge in [0.15, 0.2) is 0 Å². The fraction of sp³-hybridized carbons (Fsp3) is 0.590.